The van der Waals surface area contributed by atoms with E-state index in [2.05, 4.69) is 10.6 Å². The number of aliphatic hydroxyl groups is 1. The number of hydrogen-bond donors (Lipinski definition) is 3. The molecular formula is C17H20N2O5. The van der Waals surface area contributed by atoms with E-state index in [1.165, 1.54) is 6.26 Å². The molecule has 1 atom stereocenters. The number of benzene rings is 1. The zero-order valence-corrected chi connectivity index (χ0v) is 13.3. The van der Waals surface area contributed by atoms with Gasteiger partial charge >= 0.3 is 0 Å². The Morgan fingerprint density at radius 2 is 2.00 bits per heavy atom. The van der Waals surface area contributed by atoms with Gasteiger partial charge in [-0.2, -0.15) is 0 Å². The standard InChI is InChI=1S/C17H20N2O5/c1-2-23-14-7-4-3-6-12(14)17(22)19-11-16(21)18-10-13(20)15-8-5-9-24-15/h3-9,13,20H,2,10-11H2,1H3,(H,18,21)(H,19,22). The van der Waals surface area contributed by atoms with Gasteiger partial charge in [0, 0.05) is 0 Å². The van der Waals surface area contributed by atoms with E-state index in [4.69, 9.17) is 9.15 Å². The minimum absolute atomic E-state index is 0.00223. The summed E-state index contributed by atoms with van der Waals surface area (Å²) < 4.78 is 10.4. The van der Waals surface area contributed by atoms with Crippen LogP contribution in [0.1, 0.15) is 29.1 Å². The second-order valence-corrected chi connectivity index (χ2v) is 4.95. The van der Waals surface area contributed by atoms with Crippen molar-refractivity contribution in [1.29, 1.82) is 0 Å². The molecule has 0 saturated heterocycles. The molecule has 0 spiro atoms. The van der Waals surface area contributed by atoms with Crippen LogP contribution >= 0.6 is 0 Å². The second kappa shape index (κ2) is 8.73. The van der Waals surface area contributed by atoms with Crippen LogP contribution in [0.3, 0.4) is 0 Å². The summed E-state index contributed by atoms with van der Waals surface area (Å²) in [6.45, 7) is 2.06. The highest BCUT2D eigenvalue weighted by molar-refractivity contribution is 5.98. The number of nitrogens with one attached hydrogen (secondary N) is 2. The summed E-state index contributed by atoms with van der Waals surface area (Å²) in [6.07, 6.45) is 0.509. The highest BCUT2D eigenvalue weighted by Gasteiger charge is 2.14. The van der Waals surface area contributed by atoms with Gasteiger partial charge in [-0.15, -0.1) is 0 Å². The molecule has 0 bridgehead atoms. The van der Waals surface area contributed by atoms with Crippen molar-refractivity contribution >= 4 is 11.8 Å². The van der Waals surface area contributed by atoms with Crippen LogP contribution in [0.5, 0.6) is 5.75 Å². The predicted octanol–water partition coefficient (Wildman–Crippen LogP) is 1.26. The van der Waals surface area contributed by atoms with Crippen molar-refractivity contribution in [1.82, 2.24) is 10.6 Å². The van der Waals surface area contributed by atoms with Crippen LogP contribution in [0.25, 0.3) is 0 Å². The summed E-state index contributed by atoms with van der Waals surface area (Å²) in [5.74, 6) is 0.0137. The first-order valence-corrected chi connectivity index (χ1v) is 7.60. The van der Waals surface area contributed by atoms with E-state index in [9.17, 15) is 14.7 Å². The molecule has 0 radical (unpaired) electrons. The molecule has 0 fully saturated rings. The summed E-state index contributed by atoms with van der Waals surface area (Å²) in [4.78, 5) is 23.9. The van der Waals surface area contributed by atoms with E-state index in [0.717, 1.165) is 0 Å². The van der Waals surface area contributed by atoms with E-state index < -0.39 is 17.9 Å². The fourth-order valence-corrected chi connectivity index (χ4v) is 2.05. The Morgan fingerprint density at radius 1 is 1.21 bits per heavy atom. The zero-order chi connectivity index (χ0) is 17.4. The topological polar surface area (TPSA) is 101 Å². The third-order valence-electron chi connectivity index (χ3n) is 3.21. The van der Waals surface area contributed by atoms with Crippen LogP contribution in [0.4, 0.5) is 0 Å². The number of carbonyl (C=O) groups excluding carboxylic acids is 2. The molecule has 1 unspecified atom stereocenters. The Balaban J connectivity index is 1.80. The van der Waals surface area contributed by atoms with Gasteiger partial charge in [0.05, 0.1) is 31.5 Å². The molecular weight excluding hydrogens is 312 g/mol. The predicted molar refractivity (Wildman–Crippen MR) is 86.6 cm³/mol. The average Bonchev–Trinajstić information content (AvgIpc) is 3.13. The lowest BCUT2D eigenvalue weighted by molar-refractivity contribution is -0.120. The van der Waals surface area contributed by atoms with Gasteiger partial charge < -0.3 is 24.9 Å². The van der Waals surface area contributed by atoms with E-state index in [-0.39, 0.29) is 13.1 Å². The van der Waals surface area contributed by atoms with Gasteiger partial charge in [-0.1, -0.05) is 12.1 Å². The number of aliphatic hydroxyl groups excluding tert-OH is 1. The maximum Gasteiger partial charge on any atom is 0.255 e. The van der Waals surface area contributed by atoms with Crippen molar-refractivity contribution in [2.75, 3.05) is 19.7 Å². The molecule has 1 aromatic heterocycles. The number of para-hydroxylation sites is 1. The Labute approximate surface area is 139 Å². The fourth-order valence-electron chi connectivity index (χ4n) is 2.05. The van der Waals surface area contributed by atoms with E-state index in [0.29, 0.717) is 23.7 Å². The molecule has 128 valence electrons. The third kappa shape index (κ3) is 4.85. The van der Waals surface area contributed by atoms with Gasteiger partial charge in [0.15, 0.2) is 0 Å². The quantitative estimate of drug-likeness (QED) is 0.675. The molecule has 1 heterocycles. The van der Waals surface area contributed by atoms with Gasteiger partial charge in [0.1, 0.15) is 17.6 Å². The molecule has 1 aromatic carbocycles. The Kier molecular flexibility index (Phi) is 6.39. The maximum absolute atomic E-state index is 12.1. The van der Waals surface area contributed by atoms with Gasteiger partial charge in [-0.25, -0.2) is 0 Å². The molecule has 0 aliphatic heterocycles. The molecule has 2 rings (SSSR count). The van der Waals surface area contributed by atoms with Crippen molar-refractivity contribution < 1.29 is 23.8 Å². The normalized spacial score (nSPS) is 11.6. The smallest absolute Gasteiger partial charge is 0.255 e. The van der Waals surface area contributed by atoms with Crippen LogP contribution in [-0.4, -0.2) is 36.6 Å². The second-order valence-electron chi connectivity index (χ2n) is 4.95. The molecule has 0 aliphatic rings. The van der Waals surface area contributed by atoms with Crippen molar-refractivity contribution in [2.45, 2.75) is 13.0 Å². The molecule has 2 aromatic rings. The number of furan rings is 1. The fraction of sp³-hybridized carbons (Fsp3) is 0.294. The third-order valence-corrected chi connectivity index (χ3v) is 3.21. The number of ether oxygens (including phenoxy) is 1. The molecule has 24 heavy (non-hydrogen) atoms. The monoisotopic (exact) mass is 332 g/mol. The van der Waals surface area contributed by atoms with Crippen LogP contribution in [0, 0.1) is 0 Å². The lowest BCUT2D eigenvalue weighted by Gasteiger charge is -2.12. The van der Waals surface area contributed by atoms with Gasteiger partial charge in [-0.3, -0.25) is 9.59 Å². The van der Waals surface area contributed by atoms with E-state index >= 15 is 0 Å². The summed E-state index contributed by atoms with van der Waals surface area (Å²) in [7, 11) is 0. The number of carbonyl (C=O) groups is 2. The number of amides is 2. The first kappa shape index (κ1) is 17.6. The summed E-state index contributed by atoms with van der Waals surface area (Å²) in [6, 6.07) is 10.1. The zero-order valence-electron chi connectivity index (χ0n) is 13.3. The molecule has 0 aliphatic carbocycles. The van der Waals surface area contributed by atoms with Gasteiger partial charge in [0.2, 0.25) is 5.91 Å². The molecule has 7 heteroatoms. The minimum Gasteiger partial charge on any atom is -0.493 e. The number of rotatable bonds is 8. The van der Waals surface area contributed by atoms with E-state index in [1.807, 2.05) is 6.92 Å². The maximum atomic E-state index is 12.1. The largest absolute Gasteiger partial charge is 0.493 e. The SMILES string of the molecule is CCOc1ccccc1C(=O)NCC(=O)NCC(O)c1ccco1. The van der Waals surface area contributed by atoms with Gasteiger partial charge in [0.25, 0.3) is 5.91 Å². The first-order chi connectivity index (χ1) is 11.6. The first-order valence-electron chi connectivity index (χ1n) is 7.60. The van der Waals surface area contributed by atoms with Crippen LogP contribution in [0.2, 0.25) is 0 Å². The van der Waals surface area contributed by atoms with E-state index in [1.54, 1.807) is 36.4 Å². The average molecular weight is 332 g/mol. The Hall–Kier alpha value is -2.80. The van der Waals surface area contributed by atoms with Crippen molar-refractivity contribution in [3.05, 3.63) is 54.0 Å². The van der Waals surface area contributed by atoms with Crippen molar-refractivity contribution in [3.63, 3.8) is 0 Å². The van der Waals surface area contributed by atoms with Crippen molar-refractivity contribution in [2.24, 2.45) is 0 Å². The van der Waals surface area contributed by atoms with Crippen LogP contribution in [-0.2, 0) is 4.79 Å². The van der Waals surface area contributed by atoms with Crippen LogP contribution < -0.4 is 15.4 Å². The summed E-state index contributed by atoms with van der Waals surface area (Å²) in [5.41, 5.74) is 0.364. The highest BCUT2D eigenvalue weighted by atomic mass is 16.5. The molecule has 0 saturated carbocycles. The Bertz CT molecular complexity index is 669. The molecule has 3 N–H and O–H groups in total. The minimum atomic E-state index is -0.932. The Morgan fingerprint density at radius 3 is 2.71 bits per heavy atom. The summed E-state index contributed by atoms with van der Waals surface area (Å²) in [5, 5.41) is 14.8. The van der Waals surface area contributed by atoms with Gasteiger partial charge in [-0.05, 0) is 31.2 Å². The van der Waals surface area contributed by atoms with Crippen molar-refractivity contribution in [3.8, 4) is 5.75 Å². The number of hydrogen-bond acceptors (Lipinski definition) is 5. The molecule has 2 amide bonds. The lowest BCUT2D eigenvalue weighted by Crippen LogP contribution is -2.38. The molecule has 7 nitrogen and oxygen atoms in total. The highest BCUT2D eigenvalue weighted by Crippen LogP contribution is 2.17. The summed E-state index contributed by atoms with van der Waals surface area (Å²) >= 11 is 0. The van der Waals surface area contributed by atoms with Crippen LogP contribution in [0.15, 0.2) is 47.1 Å². The lowest BCUT2D eigenvalue weighted by atomic mass is 10.2.